The molecule has 0 saturated heterocycles. The second kappa shape index (κ2) is 2.78. The quantitative estimate of drug-likeness (QED) is 0.573. The van der Waals surface area contributed by atoms with Gasteiger partial charge in [-0.2, -0.15) is 4.99 Å². The molecule has 4 nitrogen and oxygen atoms in total. The Morgan fingerprint density at radius 2 is 2.47 bits per heavy atom. The van der Waals surface area contributed by atoms with Crippen LogP contribution in [0.5, 0.6) is 0 Å². The summed E-state index contributed by atoms with van der Waals surface area (Å²) in [5.41, 5.74) is 1.70. The molecule has 3 rings (SSSR count). The summed E-state index contributed by atoms with van der Waals surface area (Å²) in [5, 5.41) is 1.99. The number of aliphatic imine (C=N–C) groups is 1. The van der Waals surface area contributed by atoms with Crippen molar-refractivity contribution in [3.63, 3.8) is 0 Å². The Morgan fingerprint density at radius 1 is 1.67 bits per heavy atom. The lowest BCUT2D eigenvalue weighted by Crippen LogP contribution is -2.07. The number of thiazole rings is 1. The monoisotopic (exact) mass is 219 g/mol. The Labute approximate surface area is 90.3 Å². The minimum absolute atomic E-state index is 0.327. The third-order valence-corrected chi connectivity index (χ3v) is 3.62. The zero-order valence-corrected chi connectivity index (χ0v) is 9.04. The molecular formula is C10H9N3OS. The average molecular weight is 219 g/mol. The first-order chi connectivity index (χ1) is 7.27. The number of carbonyl (C=O) groups excluding carboxylic acids is 1. The van der Waals surface area contributed by atoms with E-state index in [9.17, 15) is 4.79 Å². The van der Waals surface area contributed by atoms with Crippen molar-refractivity contribution < 1.29 is 4.79 Å². The summed E-state index contributed by atoms with van der Waals surface area (Å²) < 4.78 is 2.04. The molecule has 1 fully saturated rings. The minimum Gasteiger partial charge on any atom is -0.292 e. The van der Waals surface area contributed by atoms with Crippen LogP contribution in [0.3, 0.4) is 0 Å². The van der Waals surface area contributed by atoms with Crippen molar-refractivity contribution in [1.29, 1.82) is 0 Å². The molecule has 0 aromatic carbocycles. The van der Waals surface area contributed by atoms with Crippen LogP contribution in [-0.4, -0.2) is 15.5 Å². The van der Waals surface area contributed by atoms with E-state index in [0.717, 1.165) is 29.2 Å². The van der Waals surface area contributed by atoms with Crippen LogP contribution >= 0.6 is 11.3 Å². The Hall–Kier alpha value is -1.45. The lowest BCUT2D eigenvalue weighted by Gasteiger charge is -2.07. The first kappa shape index (κ1) is 8.83. The van der Waals surface area contributed by atoms with Crippen LogP contribution in [-0.2, 0) is 10.3 Å². The molecule has 1 aliphatic carbocycles. The fourth-order valence-electron chi connectivity index (χ4n) is 2.06. The SMILES string of the molecule is Cc1nc2sccn2c1C1(N=C=O)CC1. The van der Waals surface area contributed by atoms with Crippen LogP contribution in [0.15, 0.2) is 16.6 Å². The maximum atomic E-state index is 10.4. The molecule has 5 heteroatoms. The molecule has 0 spiro atoms. The van der Waals surface area contributed by atoms with Gasteiger partial charge in [-0.3, -0.25) is 4.40 Å². The van der Waals surface area contributed by atoms with Crippen LogP contribution in [0.1, 0.15) is 24.2 Å². The lowest BCUT2D eigenvalue weighted by atomic mass is 10.1. The number of nitrogens with zero attached hydrogens (tertiary/aromatic N) is 3. The molecule has 1 saturated carbocycles. The van der Waals surface area contributed by atoms with E-state index in [1.807, 2.05) is 22.9 Å². The molecule has 0 amide bonds. The van der Waals surface area contributed by atoms with Gasteiger partial charge in [0.1, 0.15) is 5.54 Å². The largest absolute Gasteiger partial charge is 0.292 e. The van der Waals surface area contributed by atoms with Gasteiger partial charge >= 0.3 is 0 Å². The smallest absolute Gasteiger partial charge is 0.235 e. The zero-order chi connectivity index (χ0) is 10.5. The highest BCUT2D eigenvalue weighted by Crippen LogP contribution is 2.50. The number of isocyanates is 1. The highest BCUT2D eigenvalue weighted by molar-refractivity contribution is 7.15. The summed E-state index contributed by atoms with van der Waals surface area (Å²) in [6.07, 6.45) is 5.51. The maximum Gasteiger partial charge on any atom is 0.235 e. The van der Waals surface area contributed by atoms with Gasteiger partial charge in [-0.25, -0.2) is 9.78 Å². The Balaban J connectivity index is 2.29. The standard InChI is InChI=1S/C10H9N3OS/c1-7-8(10(2-3-10)11-6-14)13-4-5-15-9(13)12-7/h4-5H,2-3H2,1H3. The molecule has 76 valence electrons. The van der Waals surface area contributed by atoms with E-state index in [-0.39, 0.29) is 5.54 Å². The second-order valence-corrected chi connectivity index (χ2v) is 4.71. The van der Waals surface area contributed by atoms with E-state index in [1.54, 1.807) is 17.4 Å². The minimum atomic E-state index is -0.327. The molecule has 0 N–H and O–H groups in total. The van der Waals surface area contributed by atoms with Crippen LogP contribution < -0.4 is 0 Å². The molecule has 2 aromatic heterocycles. The fourth-order valence-corrected chi connectivity index (χ4v) is 2.82. The van der Waals surface area contributed by atoms with Crippen molar-refractivity contribution in [2.45, 2.75) is 25.3 Å². The van der Waals surface area contributed by atoms with Gasteiger partial charge in [-0.15, -0.1) is 11.3 Å². The van der Waals surface area contributed by atoms with E-state index < -0.39 is 0 Å². The average Bonchev–Trinajstić information content (AvgIpc) is 2.69. The van der Waals surface area contributed by atoms with Crippen molar-refractivity contribution >= 4 is 22.4 Å². The summed E-state index contributed by atoms with van der Waals surface area (Å²) in [5.74, 6) is 0. The van der Waals surface area contributed by atoms with Crippen molar-refractivity contribution in [3.8, 4) is 0 Å². The molecule has 0 aliphatic heterocycles. The predicted octanol–water partition coefficient (Wildman–Crippen LogP) is 2.03. The summed E-state index contributed by atoms with van der Waals surface area (Å²) in [4.78, 5) is 19.8. The summed E-state index contributed by atoms with van der Waals surface area (Å²) >= 11 is 1.60. The molecule has 15 heavy (non-hydrogen) atoms. The first-order valence-electron chi connectivity index (χ1n) is 4.78. The second-order valence-electron chi connectivity index (χ2n) is 3.84. The van der Waals surface area contributed by atoms with Crippen LogP contribution in [0.2, 0.25) is 0 Å². The van der Waals surface area contributed by atoms with E-state index >= 15 is 0 Å². The maximum absolute atomic E-state index is 10.4. The van der Waals surface area contributed by atoms with Crippen molar-refractivity contribution in [1.82, 2.24) is 9.38 Å². The lowest BCUT2D eigenvalue weighted by molar-refractivity contribution is 0.554. The number of hydrogen-bond donors (Lipinski definition) is 0. The molecule has 0 unspecified atom stereocenters. The molecule has 2 aromatic rings. The van der Waals surface area contributed by atoms with E-state index in [0.29, 0.717) is 0 Å². The van der Waals surface area contributed by atoms with Gasteiger partial charge in [0.2, 0.25) is 6.08 Å². The molecule has 1 aliphatic rings. The normalized spacial score (nSPS) is 17.7. The first-order valence-corrected chi connectivity index (χ1v) is 5.66. The van der Waals surface area contributed by atoms with Gasteiger partial charge in [0.15, 0.2) is 4.96 Å². The van der Waals surface area contributed by atoms with Gasteiger partial charge in [0.25, 0.3) is 0 Å². The summed E-state index contributed by atoms with van der Waals surface area (Å²) in [6, 6.07) is 0. The van der Waals surface area contributed by atoms with Crippen molar-refractivity contribution in [3.05, 3.63) is 23.0 Å². The fraction of sp³-hybridized carbons (Fsp3) is 0.400. The number of fused-ring (bicyclic) bond motifs is 1. The van der Waals surface area contributed by atoms with E-state index in [4.69, 9.17) is 0 Å². The van der Waals surface area contributed by atoms with Gasteiger partial charge < -0.3 is 0 Å². The van der Waals surface area contributed by atoms with Gasteiger partial charge in [-0.05, 0) is 19.8 Å². The summed E-state index contributed by atoms with van der Waals surface area (Å²) in [6.45, 7) is 1.97. The molecular weight excluding hydrogens is 210 g/mol. The van der Waals surface area contributed by atoms with Crippen LogP contribution in [0.4, 0.5) is 0 Å². The predicted molar refractivity (Wildman–Crippen MR) is 56.8 cm³/mol. The Bertz CT molecular complexity index is 573. The number of imidazole rings is 1. The Kier molecular flexibility index (Phi) is 1.63. The molecule has 0 radical (unpaired) electrons. The number of hydrogen-bond acceptors (Lipinski definition) is 4. The van der Waals surface area contributed by atoms with E-state index in [1.165, 1.54) is 0 Å². The molecule has 0 bridgehead atoms. The third kappa shape index (κ3) is 1.11. The van der Waals surface area contributed by atoms with Crippen LogP contribution in [0.25, 0.3) is 4.96 Å². The molecule has 2 heterocycles. The van der Waals surface area contributed by atoms with Crippen molar-refractivity contribution in [2.24, 2.45) is 4.99 Å². The number of aryl methyl sites for hydroxylation is 1. The number of rotatable bonds is 2. The third-order valence-electron chi connectivity index (χ3n) is 2.86. The summed E-state index contributed by atoms with van der Waals surface area (Å²) in [7, 11) is 0. The topological polar surface area (TPSA) is 46.7 Å². The Morgan fingerprint density at radius 3 is 3.13 bits per heavy atom. The molecule has 0 atom stereocenters. The van der Waals surface area contributed by atoms with E-state index in [2.05, 4.69) is 9.98 Å². The van der Waals surface area contributed by atoms with Gasteiger partial charge in [-0.1, -0.05) is 0 Å². The highest BCUT2D eigenvalue weighted by atomic mass is 32.1. The number of aromatic nitrogens is 2. The van der Waals surface area contributed by atoms with Crippen molar-refractivity contribution in [2.75, 3.05) is 0 Å². The van der Waals surface area contributed by atoms with Gasteiger partial charge in [0.05, 0.1) is 11.4 Å². The van der Waals surface area contributed by atoms with Gasteiger partial charge in [0, 0.05) is 11.6 Å². The van der Waals surface area contributed by atoms with Crippen LogP contribution in [0, 0.1) is 6.92 Å². The highest BCUT2D eigenvalue weighted by Gasteiger charge is 2.48. The zero-order valence-electron chi connectivity index (χ0n) is 8.23.